The minimum atomic E-state index is -0.963. The molecule has 1 aliphatic heterocycles. The maximum atomic E-state index is 12.5. The van der Waals surface area contributed by atoms with Gasteiger partial charge in [-0.1, -0.05) is 49.2 Å². The summed E-state index contributed by atoms with van der Waals surface area (Å²) in [6.45, 7) is 0.609. The number of benzene rings is 2. The van der Waals surface area contributed by atoms with E-state index in [0.29, 0.717) is 18.1 Å². The highest BCUT2D eigenvalue weighted by molar-refractivity contribution is 5.93. The smallest absolute Gasteiger partial charge is 0.414 e. The van der Waals surface area contributed by atoms with E-state index in [2.05, 4.69) is 4.57 Å². The van der Waals surface area contributed by atoms with Gasteiger partial charge in [-0.25, -0.2) is 14.6 Å². The summed E-state index contributed by atoms with van der Waals surface area (Å²) in [5, 5.41) is 9.37. The lowest BCUT2D eigenvalue weighted by Crippen LogP contribution is -2.28. The molecule has 2 aromatic carbocycles. The van der Waals surface area contributed by atoms with Gasteiger partial charge in [0.25, 0.3) is 0 Å². The van der Waals surface area contributed by atoms with Crippen LogP contribution >= 0.6 is 0 Å². The Morgan fingerprint density at radius 2 is 1.88 bits per heavy atom. The zero-order chi connectivity index (χ0) is 22.8. The van der Waals surface area contributed by atoms with Gasteiger partial charge >= 0.3 is 12.1 Å². The third-order valence-electron chi connectivity index (χ3n) is 6.27. The Morgan fingerprint density at radius 1 is 1.09 bits per heavy atom. The van der Waals surface area contributed by atoms with Crippen LogP contribution in [0.2, 0.25) is 0 Å². The summed E-state index contributed by atoms with van der Waals surface area (Å²) in [6, 6.07) is 15.0. The average Bonchev–Trinajstić information content (AvgIpc) is 3.50. The number of allylic oxidation sites excluding steroid dienone is 2. The number of nitrogens with zero attached hydrogens (tertiary/aromatic N) is 3. The van der Waals surface area contributed by atoms with E-state index in [9.17, 15) is 14.7 Å². The van der Waals surface area contributed by atoms with E-state index in [1.807, 2.05) is 48.6 Å². The van der Waals surface area contributed by atoms with Crippen molar-refractivity contribution in [2.45, 2.75) is 38.3 Å². The molecule has 2 aliphatic rings. The Labute approximate surface area is 191 Å². The van der Waals surface area contributed by atoms with Crippen molar-refractivity contribution in [2.75, 3.05) is 6.54 Å². The Morgan fingerprint density at radius 3 is 2.58 bits per heavy atom. The number of carboxylic acid groups (broad SMARTS) is 1. The molecule has 0 atom stereocenters. The Kier molecular flexibility index (Phi) is 5.69. The van der Waals surface area contributed by atoms with Crippen LogP contribution in [0.25, 0.3) is 16.6 Å². The van der Waals surface area contributed by atoms with Crippen LogP contribution in [0, 0.1) is 0 Å². The van der Waals surface area contributed by atoms with Crippen molar-refractivity contribution < 1.29 is 19.4 Å². The van der Waals surface area contributed by atoms with Gasteiger partial charge in [0.1, 0.15) is 12.4 Å². The maximum Gasteiger partial charge on any atom is 0.414 e. The van der Waals surface area contributed by atoms with Gasteiger partial charge in [0.05, 0.1) is 16.6 Å². The number of carbonyl (C=O) groups excluding carboxylic acids is 1. The van der Waals surface area contributed by atoms with Gasteiger partial charge in [-0.05, 0) is 42.7 Å². The van der Waals surface area contributed by atoms with Gasteiger partial charge in [0.2, 0.25) is 0 Å². The number of rotatable bonds is 5. The summed E-state index contributed by atoms with van der Waals surface area (Å²) in [5.74, 6) is -0.150. The molecule has 1 amide bonds. The number of aromatic carboxylic acids is 1. The minimum Gasteiger partial charge on any atom is -0.478 e. The monoisotopic (exact) mass is 443 g/mol. The number of aromatic nitrogens is 2. The van der Waals surface area contributed by atoms with Crippen molar-refractivity contribution in [3.8, 4) is 0 Å². The predicted molar refractivity (Wildman–Crippen MR) is 125 cm³/mol. The van der Waals surface area contributed by atoms with Crippen LogP contribution in [-0.4, -0.2) is 38.2 Å². The van der Waals surface area contributed by atoms with Crippen LogP contribution in [-0.2, 0) is 11.3 Å². The third-order valence-corrected chi connectivity index (χ3v) is 6.27. The van der Waals surface area contributed by atoms with Gasteiger partial charge < -0.3 is 14.4 Å². The van der Waals surface area contributed by atoms with Gasteiger partial charge in [0, 0.05) is 24.4 Å². The van der Waals surface area contributed by atoms with Gasteiger partial charge in [-0.3, -0.25) is 4.90 Å². The lowest BCUT2D eigenvalue weighted by atomic mass is 10.1. The predicted octanol–water partition coefficient (Wildman–Crippen LogP) is 5.40. The van der Waals surface area contributed by atoms with Crippen molar-refractivity contribution in [3.63, 3.8) is 0 Å². The molecule has 1 aromatic heterocycles. The first-order chi connectivity index (χ1) is 16.1. The maximum absolute atomic E-state index is 12.5. The quantitative estimate of drug-likeness (QED) is 0.571. The fourth-order valence-corrected chi connectivity index (χ4v) is 4.57. The summed E-state index contributed by atoms with van der Waals surface area (Å²) < 4.78 is 7.67. The van der Waals surface area contributed by atoms with Crippen molar-refractivity contribution >= 4 is 28.7 Å². The van der Waals surface area contributed by atoms with E-state index in [1.165, 1.54) is 17.7 Å². The van der Waals surface area contributed by atoms with E-state index in [0.717, 1.165) is 35.3 Å². The summed E-state index contributed by atoms with van der Waals surface area (Å²) in [7, 11) is 0. The molecule has 33 heavy (non-hydrogen) atoms. The summed E-state index contributed by atoms with van der Waals surface area (Å²) in [6.07, 6.45) is 9.67. The highest BCUT2D eigenvalue weighted by Crippen LogP contribution is 2.36. The molecule has 7 heteroatoms. The minimum absolute atomic E-state index is 0.226. The molecule has 2 heterocycles. The van der Waals surface area contributed by atoms with Crippen LogP contribution in [0.1, 0.15) is 53.5 Å². The molecule has 1 aliphatic carbocycles. The van der Waals surface area contributed by atoms with Crippen LogP contribution in [0.5, 0.6) is 0 Å². The fraction of sp³-hybridized carbons (Fsp3) is 0.269. The van der Waals surface area contributed by atoms with Crippen molar-refractivity contribution in [1.82, 2.24) is 14.5 Å². The second kappa shape index (κ2) is 8.94. The molecule has 0 bridgehead atoms. The summed E-state index contributed by atoms with van der Waals surface area (Å²) in [4.78, 5) is 30.3. The molecule has 1 saturated carbocycles. The molecule has 0 spiro atoms. The number of imidazole rings is 1. The van der Waals surface area contributed by atoms with Crippen LogP contribution in [0.3, 0.4) is 0 Å². The van der Waals surface area contributed by atoms with Crippen LogP contribution in [0.4, 0.5) is 4.79 Å². The van der Waals surface area contributed by atoms with Gasteiger partial charge in [-0.2, -0.15) is 0 Å². The zero-order valence-corrected chi connectivity index (χ0v) is 18.2. The molecular weight excluding hydrogens is 418 g/mol. The number of carbonyl (C=O) groups is 2. The molecule has 0 radical (unpaired) electrons. The lowest BCUT2D eigenvalue weighted by molar-refractivity contribution is 0.0697. The number of hydrogen-bond acceptors (Lipinski definition) is 4. The number of amides is 1. The van der Waals surface area contributed by atoms with E-state index in [1.54, 1.807) is 18.3 Å². The average molecular weight is 444 g/mol. The lowest BCUT2D eigenvalue weighted by Gasteiger charge is -2.22. The highest BCUT2D eigenvalue weighted by atomic mass is 16.6. The Balaban J connectivity index is 1.38. The summed E-state index contributed by atoms with van der Waals surface area (Å²) >= 11 is 0. The molecule has 1 fully saturated rings. The topological polar surface area (TPSA) is 84.7 Å². The number of hydrogen-bond donors (Lipinski definition) is 1. The SMILES string of the molecule is O=C(O)c1ccc2c(c1)nc(C1=CCN(C(=O)OCc3ccccc3)C=C1)n2C1CCCC1. The molecule has 7 nitrogen and oxygen atoms in total. The van der Waals surface area contributed by atoms with Gasteiger partial charge in [-0.15, -0.1) is 0 Å². The van der Waals surface area contributed by atoms with Crippen LogP contribution in [0.15, 0.2) is 66.9 Å². The fourth-order valence-electron chi connectivity index (χ4n) is 4.57. The Bertz CT molecular complexity index is 1250. The highest BCUT2D eigenvalue weighted by Gasteiger charge is 2.25. The summed E-state index contributed by atoms with van der Waals surface area (Å²) in [5.41, 5.74) is 3.71. The van der Waals surface area contributed by atoms with Crippen molar-refractivity contribution in [2.24, 2.45) is 0 Å². The van der Waals surface area contributed by atoms with E-state index >= 15 is 0 Å². The molecule has 0 unspecified atom stereocenters. The number of ether oxygens (including phenoxy) is 1. The largest absolute Gasteiger partial charge is 0.478 e. The van der Waals surface area contributed by atoms with Gasteiger partial charge in [0.15, 0.2) is 0 Å². The number of carboxylic acids is 1. The molecule has 0 saturated heterocycles. The zero-order valence-electron chi connectivity index (χ0n) is 18.2. The second-order valence-electron chi connectivity index (χ2n) is 8.42. The van der Waals surface area contributed by atoms with E-state index in [4.69, 9.17) is 9.72 Å². The first kappa shape index (κ1) is 21.0. The number of fused-ring (bicyclic) bond motifs is 1. The first-order valence-corrected chi connectivity index (χ1v) is 11.2. The Hall–Kier alpha value is -3.87. The first-order valence-electron chi connectivity index (χ1n) is 11.2. The van der Waals surface area contributed by atoms with Crippen LogP contribution < -0.4 is 0 Å². The standard InChI is InChI=1S/C26H25N3O4/c30-25(31)20-10-11-23-22(16-20)27-24(29(23)21-8-4-5-9-21)19-12-14-28(15-13-19)26(32)33-17-18-6-2-1-3-7-18/h1-3,6-7,10-14,16,21H,4-5,8-9,15,17H2,(H,30,31). The van der Waals surface area contributed by atoms with E-state index in [-0.39, 0.29) is 12.2 Å². The normalized spacial score (nSPS) is 16.2. The third kappa shape index (κ3) is 4.26. The molecule has 168 valence electrons. The molecule has 3 aromatic rings. The molecular formula is C26H25N3O4. The van der Waals surface area contributed by atoms with Crippen molar-refractivity contribution in [3.05, 3.63) is 83.8 Å². The van der Waals surface area contributed by atoms with Crippen molar-refractivity contribution in [1.29, 1.82) is 0 Å². The second-order valence-corrected chi connectivity index (χ2v) is 8.42. The molecule has 1 N–H and O–H groups in total. The van der Waals surface area contributed by atoms with E-state index < -0.39 is 12.1 Å². The molecule has 5 rings (SSSR count).